The number of hydrogen-bond acceptors (Lipinski definition) is 5. The maximum absolute atomic E-state index is 10.2. The molecule has 2 rings (SSSR count). The fourth-order valence-electron chi connectivity index (χ4n) is 2.04. The van der Waals surface area contributed by atoms with Crippen molar-refractivity contribution in [1.29, 1.82) is 0 Å². The van der Waals surface area contributed by atoms with Gasteiger partial charge in [-0.1, -0.05) is 18.2 Å². The number of methoxy groups -OCH3 is 1. The zero-order valence-corrected chi connectivity index (χ0v) is 11.9. The summed E-state index contributed by atoms with van der Waals surface area (Å²) in [7, 11) is 1.59. The molecule has 0 aliphatic rings. The van der Waals surface area contributed by atoms with E-state index in [-0.39, 0.29) is 0 Å². The molecule has 1 aromatic carbocycles. The van der Waals surface area contributed by atoms with Crippen molar-refractivity contribution in [1.82, 2.24) is 9.97 Å². The van der Waals surface area contributed by atoms with E-state index in [1.54, 1.807) is 7.11 Å². The summed E-state index contributed by atoms with van der Waals surface area (Å²) >= 11 is 0. The second-order valence-electron chi connectivity index (χ2n) is 4.61. The third-order valence-corrected chi connectivity index (χ3v) is 2.93. The maximum atomic E-state index is 10.2. The lowest BCUT2D eigenvalue weighted by Crippen LogP contribution is -2.15. The Morgan fingerprint density at radius 3 is 2.50 bits per heavy atom. The number of nitrogens with zero attached hydrogens (tertiary/aromatic N) is 2. The summed E-state index contributed by atoms with van der Waals surface area (Å²) in [6.07, 6.45) is -0.685. The molecular weight excluding hydrogens is 254 g/mol. The van der Waals surface area contributed by atoms with E-state index in [4.69, 9.17) is 4.74 Å². The Kier molecular flexibility index (Phi) is 4.53. The van der Waals surface area contributed by atoms with Crippen molar-refractivity contribution >= 4 is 5.95 Å². The summed E-state index contributed by atoms with van der Waals surface area (Å²) < 4.78 is 5.24. The van der Waals surface area contributed by atoms with Crippen molar-refractivity contribution in [2.75, 3.05) is 19.0 Å². The van der Waals surface area contributed by atoms with Crippen LogP contribution < -0.4 is 10.1 Å². The van der Waals surface area contributed by atoms with Crippen molar-refractivity contribution in [2.45, 2.75) is 20.0 Å². The van der Waals surface area contributed by atoms with Crippen LogP contribution in [-0.2, 0) is 0 Å². The predicted octanol–water partition coefficient (Wildman–Crippen LogP) is 2.25. The van der Waals surface area contributed by atoms with E-state index in [1.165, 1.54) is 0 Å². The molecule has 1 atom stereocenters. The number of aromatic nitrogens is 2. The van der Waals surface area contributed by atoms with Crippen LogP contribution in [0.2, 0.25) is 0 Å². The first-order chi connectivity index (χ1) is 9.60. The molecule has 0 spiro atoms. The number of benzene rings is 1. The van der Waals surface area contributed by atoms with Gasteiger partial charge in [-0.3, -0.25) is 0 Å². The molecule has 5 heteroatoms. The van der Waals surface area contributed by atoms with Crippen LogP contribution in [0.25, 0.3) is 0 Å². The van der Waals surface area contributed by atoms with E-state index < -0.39 is 6.10 Å². The normalized spacial score (nSPS) is 12.0. The lowest BCUT2D eigenvalue weighted by atomic mass is 10.1. The van der Waals surface area contributed by atoms with Gasteiger partial charge in [-0.2, -0.15) is 0 Å². The quantitative estimate of drug-likeness (QED) is 0.874. The van der Waals surface area contributed by atoms with Crippen LogP contribution in [-0.4, -0.2) is 28.7 Å². The van der Waals surface area contributed by atoms with Crippen LogP contribution in [0.5, 0.6) is 5.75 Å². The Bertz CT molecular complexity index is 567. The number of ether oxygens (including phenoxy) is 1. The highest BCUT2D eigenvalue weighted by molar-refractivity contribution is 5.36. The Morgan fingerprint density at radius 1 is 1.20 bits per heavy atom. The molecule has 2 aromatic rings. The smallest absolute Gasteiger partial charge is 0.223 e. The largest absolute Gasteiger partial charge is 0.496 e. The molecule has 0 saturated carbocycles. The summed E-state index contributed by atoms with van der Waals surface area (Å²) in [5, 5.41) is 13.3. The number of aliphatic hydroxyl groups excluding tert-OH is 1. The van der Waals surface area contributed by atoms with Crippen molar-refractivity contribution in [2.24, 2.45) is 0 Å². The number of nitrogens with one attached hydrogen (secondary N) is 1. The molecule has 0 aliphatic heterocycles. The molecule has 1 heterocycles. The Morgan fingerprint density at radius 2 is 1.85 bits per heavy atom. The highest BCUT2D eigenvalue weighted by Crippen LogP contribution is 2.24. The Hall–Kier alpha value is -2.14. The van der Waals surface area contributed by atoms with Gasteiger partial charge in [0.05, 0.1) is 13.2 Å². The molecular formula is C15H19N3O2. The second kappa shape index (κ2) is 6.34. The lowest BCUT2D eigenvalue weighted by Gasteiger charge is -2.15. The average molecular weight is 273 g/mol. The number of para-hydroxylation sites is 1. The van der Waals surface area contributed by atoms with Gasteiger partial charge < -0.3 is 15.2 Å². The molecule has 1 aromatic heterocycles. The number of hydrogen-bond donors (Lipinski definition) is 2. The monoisotopic (exact) mass is 273 g/mol. The highest BCUT2D eigenvalue weighted by Gasteiger charge is 2.13. The van der Waals surface area contributed by atoms with E-state index in [9.17, 15) is 5.11 Å². The van der Waals surface area contributed by atoms with E-state index in [0.717, 1.165) is 17.0 Å². The Balaban J connectivity index is 2.06. The van der Waals surface area contributed by atoms with Crippen molar-refractivity contribution in [3.8, 4) is 5.75 Å². The first-order valence-corrected chi connectivity index (χ1v) is 6.47. The predicted molar refractivity (Wildman–Crippen MR) is 77.9 cm³/mol. The minimum Gasteiger partial charge on any atom is -0.496 e. The first kappa shape index (κ1) is 14.3. The third-order valence-electron chi connectivity index (χ3n) is 2.93. The third kappa shape index (κ3) is 3.45. The zero-order chi connectivity index (χ0) is 14.5. The summed E-state index contributed by atoms with van der Waals surface area (Å²) in [5.41, 5.74) is 2.53. The van der Waals surface area contributed by atoms with Crippen LogP contribution in [0.15, 0.2) is 30.3 Å². The molecule has 0 unspecified atom stereocenters. The first-order valence-electron chi connectivity index (χ1n) is 6.47. The van der Waals surface area contributed by atoms with Crippen molar-refractivity contribution in [3.63, 3.8) is 0 Å². The lowest BCUT2D eigenvalue weighted by molar-refractivity contribution is 0.186. The molecule has 0 amide bonds. The van der Waals surface area contributed by atoms with Gasteiger partial charge in [-0.15, -0.1) is 0 Å². The zero-order valence-electron chi connectivity index (χ0n) is 11.9. The van der Waals surface area contributed by atoms with Crippen molar-refractivity contribution < 1.29 is 9.84 Å². The van der Waals surface area contributed by atoms with Crippen LogP contribution in [0.3, 0.4) is 0 Å². The minimum atomic E-state index is -0.685. The summed E-state index contributed by atoms with van der Waals surface area (Å²) in [6.45, 7) is 4.15. The van der Waals surface area contributed by atoms with Crippen LogP contribution in [0.1, 0.15) is 23.1 Å². The molecule has 0 aliphatic carbocycles. The van der Waals surface area contributed by atoms with E-state index >= 15 is 0 Å². The molecule has 0 saturated heterocycles. The molecule has 2 N–H and O–H groups in total. The molecule has 20 heavy (non-hydrogen) atoms. The minimum absolute atomic E-state index is 0.323. The van der Waals surface area contributed by atoms with Gasteiger partial charge >= 0.3 is 0 Å². The average Bonchev–Trinajstić information content (AvgIpc) is 2.43. The molecule has 106 valence electrons. The van der Waals surface area contributed by atoms with Gasteiger partial charge in [0.1, 0.15) is 5.75 Å². The van der Waals surface area contributed by atoms with E-state index in [0.29, 0.717) is 18.2 Å². The summed E-state index contributed by atoms with van der Waals surface area (Å²) in [4.78, 5) is 8.56. The fourth-order valence-corrected chi connectivity index (χ4v) is 2.04. The van der Waals surface area contributed by atoms with E-state index in [2.05, 4.69) is 15.3 Å². The number of rotatable bonds is 5. The fraction of sp³-hybridized carbons (Fsp3) is 0.333. The maximum Gasteiger partial charge on any atom is 0.223 e. The summed E-state index contributed by atoms with van der Waals surface area (Å²) in [5.74, 6) is 1.19. The van der Waals surface area contributed by atoms with Crippen molar-refractivity contribution in [3.05, 3.63) is 47.3 Å². The SMILES string of the molecule is COc1ccccc1[C@H](O)CNc1nc(C)cc(C)n1. The van der Waals surface area contributed by atoms with Crippen LogP contribution in [0, 0.1) is 13.8 Å². The van der Waals surface area contributed by atoms with Gasteiger partial charge in [0.2, 0.25) is 5.95 Å². The van der Waals surface area contributed by atoms with Gasteiger partial charge in [0, 0.05) is 23.5 Å². The molecule has 5 nitrogen and oxygen atoms in total. The topological polar surface area (TPSA) is 67.3 Å². The Labute approximate surface area is 118 Å². The highest BCUT2D eigenvalue weighted by atomic mass is 16.5. The second-order valence-corrected chi connectivity index (χ2v) is 4.61. The number of aryl methyl sites for hydroxylation is 2. The van der Waals surface area contributed by atoms with Gasteiger partial charge in [0.15, 0.2) is 0 Å². The molecule has 0 fully saturated rings. The van der Waals surface area contributed by atoms with E-state index in [1.807, 2.05) is 44.2 Å². The van der Waals surface area contributed by atoms with Gasteiger partial charge in [-0.05, 0) is 26.0 Å². The number of aliphatic hydroxyl groups is 1. The van der Waals surface area contributed by atoms with Gasteiger partial charge in [0.25, 0.3) is 0 Å². The standard InChI is InChI=1S/C15H19N3O2/c1-10-8-11(2)18-15(17-10)16-9-13(19)12-6-4-5-7-14(12)20-3/h4-8,13,19H,9H2,1-3H3,(H,16,17,18)/t13-/m1/s1. The number of anilines is 1. The van der Waals surface area contributed by atoms with Crippen LogP contribution in [0.4, 0.5) is 5.95 Å². The summed E-state index contributed by atoms with van der Waals surface area (Å²) in [6, 6.07) is 9.31. The molecule has 0 radical (unpaired) electrons. The van der Waals surface area contributed by atoms with Gasteiger partial charge in [-0.25, -0.2) is 9.97 Å². The van der Waals surface area contributed by atoms with Crippen LogP contribution >= 0.6 is 0 Å². The molecule has 0 bridgehead atoms.